The van der Waals surface area contributed by atoms with Gasteiger partial charge in [0.2, 0.25) is 5.95 Å². The first kappa shape index (κ1) is 19.8. The first-order chi connectivity index (χ1) is 12.8. The SMILES string of the molecule is Cn1cc(Nc2ncc(Cl)c(NCC3CCN(CCS(C)(=O)=O)C3)n2)cn1. The van der Waals surface area contributed by atoms with Gasteiger partial charge in [-0.1, -0.05) is 11.6 Å². The van der Waals surface area contributed by atoms with Crippen LogP contribution in [-0.2, 0) is 16.9 Å². The molecule has 0 aromatic carbocycles. The van der Waals surface area contributed by atoms with Gasteiger partial charge in [0.25, 0.3) is 0 Å². The first-order valence-corrected chi connectivity index (χ1v) is 11.1. The van der Waals surface area contributed by atoms with Crippen LogP contribution >= 0.6 is 11.6 Å². The van der Waals surface area contributed by atoms with E-state index < -0.39 is 9.84 Å². The average Bonchev–Trinajstić information content (AvgIpc) is 3.22. The zero-order valence-corrected chi connectivity index (χ0v) is 17.0. The lowest BCUT2D eigenvalue weighted by molar-refractivity contribution is 0.345. The number of sulfone groups is 1. The van der Waals surface area contributed by atoms with Crippen molar-refractivity contribution in [3.8, 4) is 0 Å². The van der Waals surface area contributed by atoms with Gasteiger partial charge in [0.1, 0.15) is 14.9 Å². The maximum absolute atomic E-state index is 11.3. The van der Waals surface area contributed by atoms with Gasteiger partial charge in [-0.2, -0.15) is 10.1 Å². The molecule has 0 radical (unpaired) electrons. The molecule has 148 valence electrons. The van der Waals surface area contributed by atoms with Crippen LogP contribution in [0.4, 0.5) is 17.5 Å². The van der Waals surface area contributed by atoms with Crippen molar-refractivity contribution < 1.29 is 8.42 Å². The molecule has 1 atom stereocenters. The number of rotatable bonds is 8. The van der Waals surface area contributed by atoms with Crippen LogP contribution in [0.1, 0.15) is 6.42 Å². The first-order valence-electron chi connectivity index (χ1n) is 8.70. The lowest BCUT2D eigenvalue weighted by atomic mass is 10.1. The second-order valence-electron chi connectivity index (χ2n) is 6.88. The van der Waals surface area contributed by atoms with Crippen LogP contribution < -0.4 is 10.6 Å². The van der Waals surface area contributed by atoms with E-state index in [4.69, 9.17) is 11.6 Å². The summed E-state index contributed by atoms with van der Waals surface area (Å²) in [5, 5.41) is 10.9. The lowest BCUT2D eigenvalue weighted by Crippen LogP contribution is -2.28. The molecule has 1 aliphatic rings. The van der Waals surface area contributed by atoms with Crippen molar-refractivity contribution in [2.24, 2.45) is 13.0 Å². The molecule has 0 aliphatic carbocycles. The van der Waals surface area contributed by atoms with E-state index in [2.05, 4.69) is 30.6 Å². The van der Waals surface area contributed by atoms with Crippen LogP contribution in [-0.4, -0.2) is 71.3 Å². The Hall–Kier alpha value is -1.91. The lowest BCUT2D eigenvalue weighted by Gasteiger charge is -2.16. The quantitative estimate of drug-likeness (QED) is 0.668. The Morgan fingerprint density at radius 1 is 1.37 bits per heavy atom. The van der Waals surface area contributed by atoms with E-state index >= 15 is 0 Å². The highest BCUT2D eigenvalue weighted by atomic mass is 35.5. The van der Waals surface area contributed by atoms with Crippen molar-refractivity contribution in [3.05, 3.63) is 23.6 Å². The van der Waals surface area contributed by atoms with Crippen molar-refractivity contribution in [2.75, 3.05) is 48.8 Å². The van der Waals surface area contributed by atoms with Gasteiger partial charge in [0, 0.05) is 39.1 Å². The molecule has 9 nitrogen and oxygen atoms in total. The molecule has 0 saturated carbocycles. The number of nitrogens with one attached hydrogen (secondary N) is 2. The van der Waals surface area contributed by atoms with Crippen molar-refractivity contribution in [3.63, 3.8) is 0 Å². The summed E-state index contributed by atoms with van der Waals surface area (Å²) in [6.45, 7) is 3.08. The summed E-state index contributed by atoms with van der Waals surface area (Å²) >= 11 is 6.21. The fourth-order valence-electron chi connectivity index (χ4n) is 2.98. The number of likely N-dealkylation sites (tertiary alicyclic amines) is 1. The van der Waals surface area contributed by atoms with E-state index in [1.165, 1.54) is 6.26 Å². The Morgan fingerprint density at radius 2 is 2.19 bits per heavy atom. The minimum Gasteiger partial charge on any atom is -0.368 e. The van der Waals surface area contributed by atoms with Crippen molar-refractivity contribution in [1.29, 1.82) is 0 Å². The molecule has 0 spiro atoms. The maximum atomic E-state index is 11.3. The standard InChI is InChI=1S/C16H24ClN7O2S/c1-23-11-13(8-20-23)21-16-19-9-14(17)15(22-16)18-7-12-3-4-24(10-12)5-6-27(2,25)26/h8-9,11-12H,3-7,10H2,1-2H3,(H2,18,19,21,22). The molecule has 1 saturated heterocycles. The monoisotopic (exact) mass is 413 g/mol. The average molecular weight is 414 g/mol. The highest BCUT2D eigenvalue weighted by Crippen LogP contribution is 2.23. The Balaban J connectivity index is 1.52. The van der Waals surface area contributed by atoms with E-state index in [1.54, 1.807) is 17.1 Å². The fourth-order valence-corrected chi connectivity index (χ4v) is 3.73. The summed E-state index contributed by atoms with van der Waals surface area (Å²) in [6, 6.07) is 0. The number of aromatic nitrogens is 4. The number of hydrogen-bond donors (Lipinski definition) is 2. The fraction of sp³-hybridized carbons (Fsp3) is 0.562. The van der Waals surface area contributed by atoms with Gasteiger partial charge < -0.3 is 15.5 Å². The number of hydrogen-bond acceptors (Lipinski definition) is 8. The zero-order chi connectivity index (χ0) is 19.4. The number of halogens is 1. The highest BCUT2D eigenvalue weighted by molar-refractivity contribution is 7.90. The molecule has 3 heterocycles. The summed E-state index contributed by atoms with van der Waals surface area (Å²) in [7, 11) is -1.09. The summed E-state index contributed by atoms with van der Waals surface area (Å²) < 4.78 is 24.3. The van der Waals surface area contributed by atoms with Crippen molar-refractivity contribution in [1.82, 2.24) is 24.6 Å². The summed E-state index contributed by atoms with van der Waals surface area (Å²) in [4.78, 5) is 10.8. The molecule has 2 N–H and O–H groups in total. The Morgan fingerprint density at radius 3 is 2.89 bits per heavy atom. The van der Waals surface area contributed by atoms with Crippen LogP contribution in [0, 0.1) is 5.92 Å². The van der Waals surface area contributed by atoms with Gasteiger partial charge in [-0.05, 0) is 18.9 Å². The van der Waals surface area contributed by atoms with Crippen LogP contribution in [0.5, 0.6) is 0 Å². The zero-order valence-electron chi connectivity index (χ0n) is 15.4. The molecule has 3 rings (SSSR count). The van der Waals surface area contributed by atoms with Gasteiger partial charge in [-0.25, -0.2) is 13.4 Å². The molecule has 2 aromatic heterocycles. The van der Waals surface area contributed by atoms with E-state index in [0.717, 1.165) is 31.7 Å². The molecular weight excluding hydrogens is 390 g/mol. The number of nitrogens with zero attached hydrogens (tertiary/aromatic N) is 5. The van der Waals surface area contributed by atoms with E-state index in [9.17, 15) is 8.42 Å². The van der Waals surface area contributed by atoms with Gasteiger partial charge in [-0.3, -0.25) is 4.68 Å². The molecule has 1 fully saturated rings. The number of aryl methyl sites for hydroxylation is 1. The van der Waals surface area contributed by atoms with E-state index in [0.29, 0.717) is 29.3 Å². The Labute approximate surface area is 164 Å². The van der Waals surface area contributed by atoms with Crippen molar-refractivity contribution >= 4 is 38.9 Å². The largest absolute Gasteiger partial charge is 0.368 e. The second kappa shape index (κ2) is 8.41. The molecule has 2 aromatic rings. The van der Waals surface area contributed by atoms with Crippen LogP contribution in [0.15, 0.2) is 18.6 Å². The van der Waals surface area contributed by atoms with Gasteiger partial charge in [0.05, 0.1) is 23.8 Å². The third-order valence-electron chi connectivity index (χ3n) is 4.41. The van der Waals surface area contributed by atoms with Crippen LogP contribution in [0.3, 0.4) is 0 Å². The van der Waals surface area contributed by atoms with Gasteiger partial charge in [-0.15, -0.1) is 0 Å². The molecule has 0 amide bonds. The highest BCUT2D eigenvalue weighted by Gasteiger charge is 2.23. The molecule has 1 aliphatic heterocycles. The van der Waals surface area contributed by atoms with Crippen LogP contribution in [0.2, 0.25) is 5.02 Å². The van der Waals surface area contributed by atoms with E-state index in [-0.39, 0.29) is 5.75 Å². The predicted molar refractivity (Wildman–Crippen MR) is 106 cm³/mol. The van der Waals surface area contributed by atoms with Gasteiger partial charge in [0.15, 0.2) is 5.82 Å². The molecule has 11 heteroatoms. The molecule has 0 bridgehead atoms. The number of anilines is 3. The normalized spacial score (nSPS) is 18.0. The molecule has 1 unspecified atom stereocenters. The second-order valence-corrected chi connectivity index (χ2v) is 9.55. The third kappa shape index (κ3) is 6.05. The summed E-state index contributed by atoms with van der Waals surface area (Å²) in [5.74, 6) is 1.64. The third-order valence-corrected chi connectivity index (χ3v) is 5.61. The topological polar surface area (TPSA) is 105 Å². The predicted octanol–water partition coefficient (Wildman–Crippen LogP) is 1.39. The Kier molecular flexibility index (Phi) is 6.18. The summed E-state index contributed by atoms with van der Waals surface area (Å²) in [5.41, 5.74) is 0.795. The maximum Gasteiger partial charge on any atom is 0.229 e. The summed E-state index contributed by atoms with van der Waals surface area (Å²) in [6.07, 6.45) is 7.36. The molecule has 27 heavy (non-hydrogen) atoms. The molecular formula is C16H24ClN7O2S. The van der Waals surface area contributed by atoms with E-state index in [1.807, 2.05) is 13.2 Å². The van der Waals surface area contributed by atoms with Gasteiger partial charge >= 0.3 is 0 Å². The minimum atomic E-state index is -2.92. The Bertz CT molecular complexity index is 887. The minimum absolute atomic E-state index is 0.203. The van der Waals surface area contributed by atoms with Crippen molar-refractivity contribution in [2.45, 2.75) is 6.42 Å². The smallest absolute Gasteiger partial charge is 0.229 e. The van der Waals surface area contributed by atoms with Crippen LogP contribution in [0.25, 0.3) is 0 Å².